The molecular formula is C12H19NO. The number of nitrogens with one attached hydrogen (secondary N) is 1. The number of rotatable bonds is 0. The fourth-order valence-corrected chi connectivity index (χ4v) is 3.13. The van der Waals surface area contributed by atoms with Crippen LogP contribution < -0.4 is 5.32 Å². The Kier molecular flexibility index (Phi) is 2.34. The first-order valence-electron chi connectivity index (χ1n) is 5.95. The second kappa shape index (κ2) is 3.67. The molecule has 0 saturated carbocycles. The summed E-state index contributed by atoms with van der Waals surface area (Å²) >= 11 is 0. The van der Waals surface area contributed by atoms with E-state index in [4.69, 9.17) is 4.74 Å². The molecule has 3 saturated heterocycles. The highest BCUT2D eigenvalue weighted by molar-refractivity contribution is 5.22. The van der Waals surface area contributed by atoms with E-state index in [2.05, 4.69) is 5.32 Å². The van der Waals surface area contributed by atoms with Crippen LogP contribution in [-0.2, 0) is 4.74 Å². The second-order valence-corrected chi connectivity index (χ2v) is 4.91. The van der Waals surface area contributed by atoms with Crippen LogP contribution in [-0.4, -0.2) is 25.3 Å². The molecule has 3 heterocycles. The fraction of sp³-hybridized carbons (Fsp3) is 0.833. The van der Waals surface area contributed by atoms with Gasteiger partial charge in [-0.3, -0.25) is 0 Å². The van der Waals surface area contributed by atoms with Crippen molar-refractivity contribution in [1.82, 2.24) is 5.32 Å². The van der Waals surface area contributed by atoms with E-state index in [9.17, 15) is 0 Å². The Morgan fingerprint density at radius 2 is 1.86 bits per heavy atom. The van der Waals surface area contributed by atoms with Crippen molar-refractivity contribution >= 4 is 0 Å². The van der Waals surface area contributed by atoms with Crippen LogP contribution in [0, 0.1) is 0 Å². The molecule has 3 rings (SSSR count). The summed E-state index contributed by atoms with van der Waals surface area (Å²) in [5.74, 6) is 0. The second-order valence-electron chi connectivity index (χ2n) is 4.91. The van der Waals surface area contributed by atoms with Crippen molar-refractivity contribution in [3.63, 3.8) is 0 Å². The Morgan fingerprint density at radius 3 is 2.50 bits per heavy atom. The third-order valence-corrected chi connectivity index (χ3v) is 3.86. The smallest absolute Gasteiger partial charge is 0.0679 e. The molecule has 2 nitrogen and oxygen atoms in total. The number of ether oxygens (including phenoxy) is 1. The van der Waals surface area contributed by atoms with Gasteiger partial charge in [0, 0.05) is 18.7 Å². The molecule has 0 aromatic carbocycles. The van der Waals surface area contributed by atoms with Crippen LogP contribution >= 0.6 is 0 Å². The van der Waals surface area contributed by atoms with E-state index in [-0.39, 0.29) is 0 Å². The molecule has 0 aromatic heterocycles. The Bertz CT molecular complexity index is 237. The largest absolute Gasteiger partial charge is 0.377 e. The molecule has 2 bridgehead atoms. The first-order valence-corrected chi connectivity index (χ1v) is 5.95. The molecule has 3 fully saturated rings. The van der Waals surface area contributed by atoms with E-state index < -0.39 is 0 Å². The average Bonchev–Trinajstić information content (AvgIpc) is 2.59. The minimum atomic E-state index is 0.790. The van der Waals surface area contributed by atoms with Crippen molar-refractivity contribution in [2.75, 3.05) is 13.2 Å². The molecular weight excluding hydrogens is 174 g/mol. The molecule has 2 heteroatoms. The number of piperidine rings is 1. The van der Waals surface area contributed by atoms with Crippen LogP contribution in [0.5, 0.6) is 0 Å². The summed E-state index contributed by atoms with van der Waals surface area (Å²) in [6, 6.07) is 1.58. The molecule has 0 spiro atoms. The molecule has 78 valence electrons. The Hall–Kier alpha value is -0.340. The van der Waals surface area contributed by atoms with Crippen molar-refractivity contribution in [3.8, 4) is 0 Å². The maximum absolute atomic E-state index is 5.55. The van der Waals surface area contributed by atoms with Crippen LogP contribution in [0.2, 0.25) is 0 Å². The average molecular weight is 193 g/mol. The van der Waals surface area contributed by atoms with Gasteiger partial charge in [-0.15, -0.1) is 0 Å². The van der Waals surface area contributed by atoms with Gasteiger partial charge in [-0.1, -0.05) is 5.57 Å². The zero-order valence-electron chi connectivity index (χ0n) is 8.72. The monoisotopic (exact) mass is 193 g/mol. The predicted octanol–water partition coefficient (Wildman–Crippen LogP) is 2.01. The van der Waals surface area contributed by atoms with Crippen LogP contribution in [0.4, 0.5) is 0 Å². The predicted molar refractivity (Wildman–Crippen MR) is 56.3 cm³/mol. The van der Waals surface area contributed by atoms with Gasteiger partial charge >= 0.3 is 0 Å². The highest BCUT2D eigenvalue weighted by atomic mass is 16.5. The van der Waals surface area contributed by atoms with Crippen molar-refractivity contribution in [3.05, 3.63) is 11.1 Å². The van der Waals surface area contributed by atoms with E-state index in [1.165, 1.54) is 38.5 Å². The maximum atomic E-state index is 5.55. The summed E-state index contributed by atoms with van der Waals surface area (Å²) in [4.78, 5) is 0. The lowest BCUT2D eigenvalue weighted by Crippen LogP contribution is -2.35. The zero-order valence-corrected chi connectivity index (χ0v) is 8.72. The summed E-state index contributed by atoms with van der Waals surface area (Å²) in [6.07, 6.45) is 7.92. The standard InChI is InChI=1S/C12H19NO/c1-2-9(8-14-5-1)10-6-11-3-4-12(7-10)13-11/h11-13H,1-8H2. The lowest BCUT2D eigenvalue weighted by Gasteiger charge is -2.28. The zero-order chi connectivity index (χ0) is 9.38. The Balaban J connectivity index is 1.77. The molecule has 2 atom stereocenters. The van der Waals surface area contributed by atoms with Gasteiger partial charge < -0.3 is 10.1 Å². The molecule has 14 heavy (non-hydrogen) atoms. The van der Waals surface area contributed by atoms with Gasteiger partial charge in [0.15, 0.2) is 0 Å². The third kappa shape index (κ3) is 1.61. The first kappa shape index (κ1) is 8.93. The van der Waals surface area contributed by atoms with Gasteiger partial charge in [-0.25, -0.2) is 0 Å². The van der Waals surface area contributed by atoms with Gasteiger partial charge in [0.05, 0.1) is 6.61 Å². The maximum Gasteiger partial charge on any atom is 0.0679 e. The van der Waals surface area contributed by atoms with Gasteiger partial charge in [-0.2, -0.15) is 0 Å². The van der Waals surface area contributed by atoms with Crippen LogP contribution in [0.15, 0.2) is 11.1 Å². The lowest BCUT2D eigenvalue weighted by atomic mass is 9.91. The molecule has 2 unspecified atom stereocenters. The minimum Gasteiger partial charge on any atom is -0.377 e. The van der Waals surface area contributed by atoms with Gasteiger partial charge in [0.25, 0.3) is 0 Å². The normalized spacial score (nSPS) is 37.7. The van der Waals surface area contributed by atoms with E-state index in [1.54, 1.807) is 11.1 Å². The van der Waals surface area contributed by atoms with Gasteiger partial charge in [0.1, 0.15) is 0 Å². The van der Waals surface area contributed by atoms with E-state index in [0.29, 0.717) is 0 Å². The van der Waals surface area contributed by atoms with Gasteiger partial charge in [0.2, 0.25) is 0 Å². The first-order chi connectivity index (χ1) is 6.92. The fourth-order valence-electron chi connectivity index (χ4n) is 3.13. The number of hydrogen-bond acceptors (Lipinski definition) is 2. The van der Waals surface area contributed by atoms with Gasteiger partial charge in [-0.05, 0) is 44.1 Å². The molecule has 0 aliphatic carbocycles. The minimum absolute atomic E-state index is 0.790. The summed E-state index contributed by atoms with van der Waals surface area (Å²) in [6.45, 7) is 1.90. The highest BCUT2D eigenvalue weighted by Gasteiger charge is 2.31. The Labute approximate surface area is 85.7 Å². The molecule has 0 radical (unpaired) electrons. The Morgan fingerprint density at radius 1 is 1.07 bits per heavy atom. The van der Waals surface area contributed by atoms with Crippen LogP contribution in [0.25, 0.3) is 0 Å². The van der Waals surface area contributed by atoms with E-state index in [1.807, 2.05) is 0 Å². The summed E-state index contributed by atoms with van der Waals surface area (Å²) in [5.41, 5.74) is 3.37. The van der Waals surface area contributed by atoms with Crippen molar-refractivity contribution in [2.24, 2.45) is 0 Å². The van der Waals surface area contributed by atoms with E-state index in [0.717, 1.165) is 25.3 Å². The molecule has 3 aliphatic rings. The third-order valence-electron chi connectivity index (χ3n) is 3.86. The number of fused-ring (bicyclic) bond motifs is 2. The van der Waals surface area contributed by atoms with Crippen LogP contribution in [0.1, 0.15) is 38.5 Å². The van der Waals surface area contributed by atoms with Crippen LogP contribution in [0.3, 0.4) is 0 Å². The summed E-state index contributed by atoms with van der Waals surface area (Å²) in [5, 5.41) is 3.68. The topological polar surface area (TPSA) is 21.3 Å². The van der Waals surface area contributed by atoms with Crippen molar-refractivity contribution in [1.29, 1.82) is 0 Å². The molecule has 0 amide bonds. The molecule has 0 aromatic rings. The highest BCUT2D eigenvalue weighted by Crippen LogP contribution is 2.34. The lowest BCUT2D eigenvalue weighted by molar-refractivity contribution is 0.128. The SMILES string of the molecule is C1COCC(=C2CC3CCC(C2)N3)C1. The van der Waals surface area contributed by atoms with E-state index >= 15 is 0 Å². The van der Waals surface area contributed by atoms with Crippen molar-refractivity contribution in [2.45, 2.75) is 50.6 Å². The molecule has 1 N–H and O–H groups in total. The molecule has 3 aliphatic heterocycles. The summed E-state index contributed by atoms with van der Waals surface area (Å²) in [7, 11) is 0. The number of hydrogen-bond donors (Lipinski definition) is 1. The summed E-state index contributed by atoms with van der Waals surface area (Å²) < 4.78 is 5.55. The quantitative estimate of drug-likeness (QED) is 0.594. The van der Waals surface area contributed by atoms with Crippen molar-refractivity contribution < 1.29 is 4.74 Å².